The topological polar surface area (TPSA) is 62.2 Å². The van der Waals surface area contributed by atoms with Gasteiger partial charge in [0.25, 0.3) is 0 Å². The normalized spacial score (nSPS) is 12.1. The second-order valence-electron chi connectivity index (χ2n) is 4.25. The largest absolute Gasteiger partial charge is 0.394 e. The first-order valence-electron chi connectivity index (χ1n) is 6.05. The Morgan fingerprint density at radius 1 is 1.42 bits per heavy atom. The van der Waals surface area contributed by atoms with Gasteiger partial charge >= 0.3 is 0 Å². The lowest BCUT2D eigenvalue weighted by atomic mass is 10.1. The van der Waals surface area contributed by atoms with Crippen LogP contribution in [0.15, 0.2) is 35.7 Å². The van der Waals surface area contributed by atoms with E-state index in [4.69, 9.17) is 0 Å². The first kappa shape index (κ1) is 13.7. The Labute approximate surface area is 116 Å². The molecule has 2 aromatic rings. The van der Waals surface area contributed by atoms with E-state index in [0.717, 1.165) is 16.3 Å². The first-order valence-corrected chi connectivity index (χ1v) is 6.93. The molecule has 2 N–H and O–H groups in total. The molecule has 19 heavy (non-hydrogen) atoms. The summed E-state index contributed by atoms with van der Waals surface area (Å²) < 4.78 is 0. The van der Waals surface area contributed by atoms with E-state index in [1.807, 2.05) is 42.6 Å². The quantitative estimate of drug-likeness (QED) is 0.876. The van der Waals surface area contributed by atoms with Gasteiger partial charge in [0.15, 0.2) is 0 Å². The average molecular weight is 276 g/mol. The van der Waals surface area contributed by atoms with Gasteiger partial charge in [0.05, 0.1) is 29.8 Å². The average Bonchev–Trinajstić information content (AvgIpc) is 2.82. The zero-order valence-corrected chi connectivity index (χ0v) is 11.5. The van der Waals surface area contributed by atoms with E-state index in [9.17, 15) is 9.90 Å². The lowest BCUT2D eigenvalue weighted by Crippen LogP contribution is -2.32. The van der Waals surface area contributed by atoms with Gasteiger partial charge < -0.3 is 10.4 Å². The third kappa shape index (κ3) is 3.87. The van der Waals surface area contributed by atoms with Crippen molar-refractivity contribution in [3.05, 3.63) is 52.0 Å². The van der Waals surface area contributed by atoms with E-state index in [2.05, 4.69) is 10.3 Å². The van der Waals surface area contributed by atoms with Crippen LogP contribution in [-0.4, -0.2) is 22.6 Å². The van der Waals surface area contributed by atoms with Gasteiger partial charge in [0.2, 0.25) is 5.91 Å². The van der Waals surface area contributed by atoms with Crippen LogP contribution < -0.4 is 5.32 Å². The van der Waals surface area contributed by atoms with Gasteiger partial charge in [0.1, 0.15) is 0 Å². The number of aliphatic hydroxyl groups is 1. The molecule has 1 unspecified atom stereocenters. The molecule has 0 aliphatic carbocycles. The molecule has 1 heterocycles. The zero-order valence-electron chi connectivity index (χ0n) is 10.7. The summed E-state index contributed by atoms with van der Waals surface area (Å²) in [5.74, 6) is -0.131. The van der Waals surface area contributed by atoms with Crippen LogP contribution in [0.1, 0.15) is 22.3 Å². The Balaban J connectivity index is 1.97. The van der Waals surface area contributed by atoms with Gasteiger partial charge in [0, 0.05) is 5.38 Å². The van der Waals surface area contributed by atoms with Crippen molar-refractivity contribution in [1.82, 2.24) is 10.3 Å². The van der Waals surface area contributed by atoms with Crippen LogP contribution in [0.2, 0.25) is 0 Å². The summed E-state index contributed by atoms with van der Waals surface area (Å²) in [4.78, 5) is 16.2. The maximum Gasteiger partial charge on any atom is 0.226 e. The molecule has 1 aromatic carbocycles. The number of hydrogen-bond donors (Lipinski definition) is 2. The third-order valence-corrected chi connectivity index (χ3v) is 3.55. The third-order valence-electron chi connectivity index (χ3n) is 2.73. The fourth-order valence-corrected chi connectivity index (χ4v) is 2.43. The summed E-state index contributed by atoms with van der Waals surface area (Å²) >= 11 is 1.53. The summed E-state index contributed by atoms with van der Waals surface area (Å²) in [6.07, 6.45) is 0.244. The number of aliphatic hydroxyl groups excluding tert-OH is 1. The fourth-order valence-electron chi connectivity index (χ4n) is 1.82. The Morgan fingerprint density at radius 2 is 2.16 bits per heavy atom. The van der Waals surface area contributed by atoms with E-state index < -0.39 is 0 Å². The lowest BCUT2D eigenvalue weighted by Gasteiger charge is -2.16. The molecule has 5 heteroatoms. The molecule has 0 bridgehead atoms. The van der Waals surface area contributed by atoms with Crippen LogP contribution in [0.5, 0.6) is 0 Å². The summed E-state index contributed by atoms with van der Waals surface area (Å²) in [7, 11) is 0. The molecule has 1 amide bonds. The number of nitrogens with zero attached hydrogens (tertiary/aromatic N) is 1. The predicted molar refractivity (Wildman–Crippen MR) is 75.0 cm³/mol. The Hall–Kier alpha value is -1.72. The molecular formula is C14H16N2O2S. The minimum absolute atomic E-state index is 0.119. The maximum atomic E-state index is 11.9. The number of nitrogens with one attached hydrogen (secondary N) is 1. The highest BCUT2D eigenvalue weighted by molar-refractivity contribution is 7.09. The van der Waals surface area contributed by atoms with Crippen LogP contribution in [0, 0.1) is 6.92 Å². The van der Waals surface area contributed by atoms with Crippen molar-refractivity contribution in [3.63, 3.8) is 0 Å². The van der Waals surface area contributed by atoms with Gasteiger partial charge in [-0.2, -0.15) is 0 Å². The molecule has 0 fully saturated rings. The van der Waals surface area contributed by atoms with Crippen LogP contribution in [0.3, 0.4) is 0 Å². The Morgan fingerprint density at radius 3 is 2.74 bits per heavy atom. The smallest absolute Gasteiger partial charge is 0.226 e. The van der Waals surface area contributed by atoms with Crippen LogP contribution in [-0.2, 0) is 11.2 Å². The molecule has 1 atom stereocenters. The molecule has 0 spiro atoms. The standard InChI is InChI=1S/C14H16N2O2S/c1-10-15-12(9-19-10)7-14(18)16-13(8-17)11-5-3-2-4-6-11/h2-6,9,13,17H,7-8H2,1H3,(H,16,18). The number of hydrogen-bond acceptors (Lipinski definition) is 4. The number of aromatic nitrogens is 1. The SMILES string of the molecule is Cc1nc(CC(=O)NC(CO)c2ccccc2)cs1. The van der Waals surface area contributed by atoms with Crippen molar-refractivity contribution in [3.8, 4) is 0 Å². The van der Waals surface area contributed by atoms with Crippen LogP contribution >= 0.6 is 11.3 Å². The molecular weight excluding hydrogens is 260 g/mol. The first-order chi connectivity index (χ1) is 9.19. The number of amides is 1. The Kier molecular flexibility index (Phi) is 4.65. The molecule has 0 aliphatic rings. The fraction of sp³-hybridized carbons (Fsp3) is 0.286. The number of aryl methyl sites for hydroxylation is 1. The molecule has 0 radical (unpaired) electrons. The summed E-state index contributed by atoms with van der Waals surface area (Å²) in [6.45, 7) is 1.79. The van der Waals surface area contributed by atoms with Crippen LogP contribution in [0.25, 0.3) is 0 Å². The van der Waals surface area contributed by atoms with E-state index in [-0.39, 0.29) is 25.0 Å². The predicted octanol–water partition coefficient (Wildman–Crippen LogP) is 1.84. The van der Waals surface area contributed by atoms with E-state index in [1.54, 1.807) is 0 Å². The highest BCUT2D eigenvalue weighted by Gasteiger charge is 2.14. The van der Waals surface area contributed by atoms with Crippen molar-refractivity contribution >= 4 is 17.2 Å². The molecule has 0 aliphatic heterocycles. The van der Waals surface area contributed by atoms with Crippen molar-refractivity contribution < 1.29 is 9.90 Å². The van der Waals surface area contributed by atoms with E-state index in [1.165, 1.54) is 11.3 Å². The van der Waals surface area contributed by atoms with Gasteiger partial charge in [-0.15, -0.1) is 11.3 Å². The molecule has 4 nitrogen and oxygen atoms in total. The van der Waals surface area contributed by atoms with E-state index >= 15 is 0 Å². The highest BCUT2D eigenvalue weighted by atomic mass is 32.1. The molecule has 1 aromatic heterocycles. The second-order valence-corrected chi connectivity index (χ2v) is 5.31. The minimum Gasteiger partial charge on any atom is -0.394 e. The number of carbonyl (C=O) groups is 1. The number of rotatable bonds is 5. The maximum absolute atomic E-state index is 11.9. The van der Waals surface area contributed by atoms with Crippen molar-refractivity contribution in [2.45, 2.75) is 19.4 Å². The molecule has 100 valence electrons. The highest BCUT2D eigenvalue weighted by Crippen LogP contribution is 2.13. The van der Waals surface area contributed by atoms with Gasteiger partial charge in [-0.05, 0) is 12.5 Å². The number of carbonyl (C=O) groups excluding carboxylic acids is 1. The summed E-state index contributed by atoms with van der Waals surface area (Å²) in [5, 5.41) is 15.0. The Bertz CT molecular complexity index is 539. The van der Waals surface area contributed by atoms with Crippen molar-refractivity contribution in [2.75, 3.05) is 6.61 Å². The van der Waals surface area contributed by atoms with Gasteiger partial charge in [-0.25, -0.2) is 4.98 Å². The molecule has 0 saturated carbocycles. The minimum atomic E-state index is -0.367. The summed E-state index contributed by atoms with van der Waals surface area (Å²) in [6, 6.07) is 9.07. The molecule has 2 rings (SSSR count). The van der Waals surface area contributed by atoms with Crippen LogP contribution in [0.4, 0.5) is 0 Å². The number of benzene rings is 1. The van der Waals surface area contributed by atoms with Crippen molar-refractivity contribution in [2.24, 2.45) is 0 Å². The monoisotopic (exact) mass is 276 g/mol. The number of thiazole rings is 1. The van der Waals surface area contributed by atoms with Gasteiger partial charge in [-0.3, -0.25) is 4.79 Å². The van der Waals surface area contributed by atoms with Gasteiger partial charge in [-0.1, -0.05) is 30.3 Å². The van der Waals surface area contributed by atoms with E-state index in [0.29, 0.717) is 0 Å². The molecule has 0 saturated heterocycles. The van der Waals surface area contributed by atoms with Crippen molar-refractivity contribution in [1.29, 1.82) is 0 Å². The zero-order chi connectivity index (χ0) is 13.7. The second kappa shape index (κ2) is 6.45. The summed E-state index contributed by atoms with van der Waals surface area (Å²) in [5.41, 5.74) is 1.66. The lowest BCUT2D eigenvalue weighted by molar-refractivity contribution is -0.121.